The molecular formula is C6H12O3S. The predicted molar refractivity (Wildman–Crippen MR) is 38.4 cm³/mol. The summed E-state index contributed by atoms with van der Waals surface area (Å²) in [6, 6.07) is 0. The van der Waals surface area contributed by atoms with Gasteiger partial charge in [-0.2, -0.15) is 0 Å². The molecule has 0 aromatic rings. The van der Waals surface area contributed by atoms with Crippen molar-refractivity contribution in [1.29, 1.82) is 0 Å². The van der Waals surface area contributed by atoms with E-state index in [4.69, 9.17) is 5.11 Å². The van der Waals surface area contributed by atoms with Gasteiger partial charge in [0.2, 0.25) is 0 Å². The van der Waals surface area contributed by atoms with Crippen LogP contribution in [-0.2, 0) is 9.84 Å². The van der Waals surface area contributed by atoms with E-state index < -0.39 is 15.9 Å². The topological polar surface area (TPSA) is 54.4 Å². The summed E-state index contributed by atoms with van der Waals surface area (Å²) in [5.41, 5.74) is 0. The zero-order chi connectivity index (χ0) is 7.78. The van der Waals surface area contributed by atoms with Crippen LogP contribution < -0.4 is 0 Å². The number of aliphatic hydroxyl groups excluding tert-OH is 1. The molecule has 0 aliphatic carbocycles. The second-order valence-electron chi connectivity index (χ2n) is 2.90. The van der Waals surface area contributed by atoms with E-state index in [1.54, 1.807) is 6.92 Å². The zero-order valence-electron chi connectivity index (χ0n) is 5.95. The van der Waals surface area contributed by atoms with Crippen LogP contribution in [0.1, 0.15) is 13.3 Å². The average Bonchev–Trinajstić information content (AvgIpc) is 2.10. The lowest BCUT2D eigenvalue weighted by Gasteiger charge is -2.09. The molecule has 0 bridgehead atoms. The Morgan fingerprint density at radius 3 is 2.40 bits per heavy atom. The van der Waals surface area contributed by atoms with Gasteiger partial charge in [-0.15, -0.1) is 0 Å². The first kappa shape index (κ1) is 8.01. The van der Waals surface area contributed by atoms with Gasteiger partial charge in [0.25, 0.3) is 0 Å². The fourth-order valence-corrected chi connectivity index (χ4v) is 3.13. The van der Waals surface area contributed by atoms with Gasteiger partial charge in [0, 0.05) is 0 Å². The summed E-state index contributed by atoms with van der Waals surface area (Å²) >= 11 is 0. The van der Waals surface area contributed by atoms with Crippen LogP contribution in [0, 0.1) is 5.92 Å². The van der Waals surface area contributed by atoms with E-state index in [2.05, 4.69) is 0 Å². The predicted octanol–water partition coefficient (Wildman–Crippen LogP) is -0.198. The minimum Gasteiger partial charge on any atom is -0.393 e. The molecule has 10 heavy (non-hydrogen) atoms. The number of hydrogen-bond donors (Lipinski definition) is 1. The molecule has 0 saturated carbocycles. The van der Waals surface area contributed by atoms with Crippen LogP contribution in [0.3, 0.4) is 0 Å². The first-order valence-electron chi connectivity index (χ1n) is 3.40. The molecule has 1 aliphatic heterocycles. The van der Waals surface area contributed by atoms with E-state index in [0.717, 1.165) is 0 Å². The highest BCUT2D eigenvalue weighted by Crippen LogP contribution is 2.21. The maximum Gasteiger partial charge on any atom is 0.150 e. The molecule has 0 aromatic heterocycles. The van der Waals surface area contributed by atoms with Crippen molar-refractivity contribution in [3.63, 3.8) is 0 Å². The molecule has 1 saturated heterocycles. The molecule has 1 aliphatic rings. The smallest absolute Gasteiger partial charge is 0.150 e. The maximum absolute atomic E-state index is 10.8. The summed E-state index contributed by atoms with van der Waals surface area (Å²) in [6.45, 7) is 1.64. The van der Waals surface area contributed by atoms with Crippen LogP contribution >= 0.6 is 0 Å². The SMILES string of the molecule is CC(O)C1CCS(=O)(=O)C1. The Bertz CT molecular complexity index is 205. The van der Waals surface area contributed by atoms with Crippen molar-refractivity contribution < 1.29 is 13.5 Å². The minimum absolute atomic E-state index is 0.0231. The van der Waals surface area contributed by atoms with Crippen LogP contribution in [0.5, 0.6) is 0 Å². The Hall–Kier alpha value is -0.0900. The fraction of sp³-hybridized carbons (Fsp3) is 1.00. The molecule has 2 unspecified atom stereocenters. The van der Waals surface area contributed by atoms with Gasteiger partial charge in [0.1, 0.15) is 0 Å². The van der Waals surface area contributed by atoms with E-state index in [9.17, 15) is 8.42 Å². The molecule has 0 amide bonds. The third-order valence-corrected chi connectivity index (χ3v) is 3.74. The highest BCUT2D eigenvalue weighted by molar-refractivity contribution is 7.91. The average molecular weight is 164 g/mol. The van der Waals surface area contributed by atoms with Crippen LogP contribution in [0.4, 0.5) is 0 Å². The molecule has 3 nitrogen and oxygen atoms in total. The molecule has 4 heteroatoms. The van der Waals surface area contributed by atoms with Gasteiger partial charge < -0.3 is 5.11 Å². The molecule has 60 valence electrons. The standard InChI is InChI=1S/C6H12O3S/c1-5(7)6-2-3-10(8,9)4-6/h5-7H,2-4H2,1H3. The summed E-state index contributed by atoms with van der Waals surface area (Å²) in [6.07, 6.45) is 0.150. The van der Waals surface area contributed by atoms with Gasteiger partial charge in [-0.3, -0.25) is 0 Å². The van der Waals surface area contributed by atoms with Crippen molar-refractivity contribution in [2.75, 3.05) is 11.5 Å². The number of rotatable bonds is 1. The van der Waals surface area contributed by atoms with Gasteiger partial charge in [0.05, 0.1) is 17.6 Å². The van der Waals surface area contributed by atoms with E-state index in [1.807, 2.05) is 0 Å². The van der Waals surface area contributed by atoms with E-state index in [1.165, 1.54) is 0 Å². The summed E-state index contributed by atoms with van der Waals surface area (Å²) in [5.74, 6) is 0.401. The maximum atomic E-state index is 10.8. The molecule has 0 radical (unpaired) electrons. The van der Waals surface area contributed by atoms with Crippen molar-refractivity contribution in [1.82, 2.24) is 0 Å². The molecule has 1 fully saturated rings. The number of aliphatic hydroxyl groups is 1. The monoisotopic (exact) mass is 164 g/mol. The third kappa shape index (κ3) is 1.70. The van der Waals surface area contributed by atoms with Gasteiger partial charge in [-0.05, 0) is 19.3 Å². The lowest BCUT2D eigenvalue weighted by molar-refractivity contribution is 0.138. The normalized spacial score (nSPS) is 34.0. The Kier molecular flexibility index (Phi) is 2.01. The molecule has 1 N–H and O–H groups in total. The van der Waals surface area contributed by atoms with Crippen molar-refractivity contribution >= 4 is 9.84 Å². The Labute approximate surface area is 61.0 Å². The molecule has 1 rings (SSSR count). The Balaban J connectivity index is 2.60. The minimum atomic E-state index is -2.80. The second-order valence-corrected chi connectivity index (χ2v) is 5.13. The summed E-state index contributed by atoms with van der Waals surface area (Å²) in [5, 5.41) is 9.02. The lowest BCUT2D eigenvalue weighted by atomic mass is 10.0. The van der Waals surface area contributed by atoms with E-state index in [-0.39, 0.29) is 17.4 Å². The number of sulfone groups is 1. The fourth-order valence-electron chi connectivity index (χ4n) is 1.20. The lowest BCUT2D eigenvalue weighted by Crippen LogP contribution is -2.17. The molecule has 0 aromatic carbocycles. The molecule has 0 spiro atoms. The first-order chi connectivity index (χ1) is 4.51. The quantitative estimate of drug-likeness (QED) is 0.584. The first-order valence-corrected chi connectivity index (χ1v) is 5.22. The summed E-state index contributed by atoms with van der Waals surface area (Å²) in [4.78, 5) is 0. The van der Waals surface area contributed by atoms with E-state index >= 15 is 0 Å². The van der Waals surface area contributed by atoms with Crippen molar-refractivity contribution in [2.45, 2.75) is 19.4 Å². The van der Waals surface area contributed by atoms with E-state index in [0.29, 0.717) is 6.42 Å². The molecule has 1 heterocycles. The van der Waals surface area contributed by atoms with Crippen LogP contribution in [0.25, 0.3) is 0 Å². The van der Waals surface area contributed by atoms with Crippen LogP contribution in [0.2, 0.25) is 0 Å². The van der Waals surface area contributed by atoms with Gasteiger partial charge >= 0.3 is 0 Å². The summed E-state index contributed by atoms with van der Waals surface area (Å²) in [7, 11) is -2.80. The molecule has 2 atom stereocenters. The van der Waals surface area contributed by atoms with Crippen molar-refractivity contribution in [3.05, 3.63) is 0 Å². The van der Waals surface area contributed by atoms with Crippen molar-refractivity contribution in [2.24, 2.45) is 5.92 Å². The highest BCUT2D eigenvalue weighted by Gasteiger charge is 2.30. The van der Waals surface area contributed by atoms with Gasteiger partial charge in [-0.25, -0.2) is 8.42 Å². The van der Waals surface area contributed by atoms with Crippen molar-refractivity contribution in [3.8, 4) is 0 Å². The zero-order valence-corrected chi connectivity index (χ0v) is 6.76. The molecular weight excluding hydrogens is 152 g/mol. The van der Waals surface area contributed by atoms with Crippen LogP contribution in [0.15, 0.2) is 0 Å². The Morgan fingerprint density at radius 1 is 1.60 bits per heavy atom. The summed E-state index contributed by atoms with van der Waals surface area (Å²) < 4.78 is 21.7. The largest absolute Gasteiger partial charge is 0.393 e. The van der Waals surface area contributed by atoms with Gasteiger partial charge in [-0.1, -0.05) is 0 Å². The number of hydrogen-bond acceptors (Lipinski definition) is 3. The van der Waals surface area contributed by atoms with Gasteiger partial charge in [0.15, 0.2) is 9.84 Å². The van der Waals surface area contributed by atoms with Crippen LogP contribution in [-0.4, -0.2) is 31.1 Å². The third-order valence-electron chi connectivity index (χ3n) is 1.95. The Morgan fingerprint density at radius 2 is 2.20 bits per heavy atom. The highest BCUT2D eigenvalue weighted by atomic mass is 32.2. The second kappa shape index (κ2) is 2.51.